The fourth-order valence-electron chi connectivity index (χ4n) is 1.88. The highest BCUT2D eigenvalue weighted by Crippen LogP contribution is 2.22. The maximum Gasteiger partial charge on any atom is 0.223 e. The number of aliphatic hydroxyl groups is 1. The first kappa shape index (κ1) is 15.2. The minimum absolute atomic E-state index is 0.0136. The van der Waals surface area contributed by atoms with Gasteiger partial charge in [-0.15, -0.1) is 0 Å². The molecule has 0 bridgehead atoms. The van der Waals surface area contributed by atoms with E-state index in [1.165, 1.54) is 0 Å². The second kappa shape index (κ2) is 6.89. The standard InChI is InChI=1S/C14H19NO4/c1-9(10-2-4-12(17)5-3-10)6-13(18)7-11(8-16)14(15)19/h2-5,9,11,16-17H,6-8H2,1H3,(H2,15,19)/t9?,11-/m0/s1. The lowest BCUT2D eigenvalue weighted by Gasteiger charge is -2.13. The zero-order chi connectivity index (χ0) is 14.4. The SMILES string of the molecule is CC(CC(=O)C[C@@H](CO)C(N)=O)c1ccc(O)cc1. The molecule has 0 saturated heterocycles. The van der Waals surface area contributed by atoms with Crippen LogP contribution in [-0.2, 0) is 9.59 Å². The lowest BCUT2D eigenvalue weighted by atomic mass is 9.92. The van der Waals surface area contributed by atoms with E-state index >= 15 is 0 Å². The summed E-state index contributed by atoms with van der Waals surface area (Å²) < 4.78 is 0. The van der Waals surface area contributed by atoms with Crippen molar-refractivity contribution in [2.75, 3.05) is 6.61 Å². The molecule has 0 radical (unpaired) electrons. The number of rotatable bonds is 7. The highest BCUT2D eigenvalue weighted by Gasteiger charge is 2.20. The highest BCUT2D eigenvalue weighted by molar-refractivity contribution is 5.86. The summed E-state index contributed by atoms with van der Waals surface area (Å²) in [5.74, 6) is -1.41. The minimum atomic E-state index is -0.806. The van der Waals surface area contributed by atoms with Gasteiger partial charge in [-0.05, 0) is 23.6 Å². The molecule has 5 heteroatoms. The molecule has 1 aromatic carbocycles. The summed E-state index contributed by atoms with van der Waals surface area (Å²) in [6, 6.07) is 6.64. The second-order valence-corrected chi connectivity index (χ2v) is 4.72. The third-order valence-corrected chi connectivity index (χ3v) is 3.09. The predicted octanol–water partition coefficient (Wildman–Crippen LogP) is 0.939. The summed E-state index contributed by atoms with van der Waals surface area (Å²) in [7, 11) is 0. The predicted molar refractivity (Wildman–Crippen MR) is 70.5 cm³/mol. The van der Waals surface area contributed by atoms with Crippen LogP contribution in [0.5, 0.6) is 5.75 Å². The van der Waals surface area contributed by atoms with Crippen LogP contribution < -0.4 is 5.73 Å². The number of phenols is 1. The number of hydrogen-bond donors (Lipinski definition) is 3. The number of phenolic OH excluding ortho intramolecular Hbond substituents is 1. The Morgan fingerprint density at radius 2 is 1.79 bits per heavy atom. The molecule has 1 amide bonds. The lowest BCUT2D eigenvalue weighted by molar-refractivity contribution is -0.128. The summed E-state index contributed by atoms with van der Waals surface area (Å²) in [6.45, 7) is 1.48. The Labute approximate surface area is 112 Å². The van der Waals surface area contributed by atoms with Crippen molar-refractivity contribution in [1.29, 1.82) is 0 Å². The van der Waals surface area contributed by atoms with Crippen molar-refractivity contribution in [2.45, 2.75) is 25.7 Å². The van der Waals surface area contributed by atoms with Gasteiger partial charge in [0.1, 0.15) is 11.5 Å². The zero-order valence-electron chi connectivity index (χ0n) is 10.9. The van der Waals surface area contributed by atoms with Crippen molar-refractivity contribution in [3.8, 4) is 5.75 Å². The summed E-state index contributed by atoms with van der Waals surface area (Å²) >= 11 is 0. The van der Waals surface area contributed by atoms with E-state index in [1.54, 1.807) is 24.3 Å². The fourth-order valence-corrected chi connectivity index (χ4v) is 1.88. The monoisotopic (exact) mass is 265 g/mol. The largest absolute Gasteiger partial charge is 0.508 e. The number of carbonyl (C=O) groups is 2. The van der Waals surface area contributed by atoms with Crippen molar-refractivity contribution >= 4 is 11.7 Å². The van der Waals surface area contributed by atoms with E-state index in [9.17, 15) is 14.7 Å². The molecule has 19 heavy (non-hydrogen) atoms. The summed E-state index contributed by atoms with van der Waals surface area (Å²) in [5.41, 5.74) is 6.01. The third kappa shape index (κ3) is 4.71. The van der Waals surface area contributed by atoms with Crippen LogP contribution >= 0.6 is 0 Å². The van der Waals surface area contributed by atoms with Crippen LogP contribution in [0.3, 0.4) is 0 Å². The molecule has 0 saturated carbocycles. The van der Waals surface area contributed by atoms with Crippen LogP contribution in [0.25, 0.3) is 0 Å². The Bertz CT molecular complexity index is 441. The smallest absolute Gasteiger partial charge is 0.223 e. The van der Waals surface area contributed by atoms with Crippen LogP contribution in [0.15, 0.2) is 24.3 Å². The number of nitrogens with two attached hydrogens (primary N) is 1. The quantitative estimate of drug-likeness (QED) is 0.683. The topological polar surface area (TPSA) is 101 Å². The van der Waals surface area contributed by atoms with Crippen molar-refractivity contribution < 1.29 is 19.8 Å². The van der Waals surface area contributed by atoms with E-state index < -0.39 is 18.4 Å². The summed E-state index contributed by atoms with van der Waals surface area (Å²) in [6.07, 6.45) is 0.239. The fraction of sp³-hybridized carbons (Fsp3) is 0.429. The Morgan fingerprint density at radius 1 is 1.21 bits per heavy atom. The van der Waals surface area contributed by atoms with Crippen molar-refractivity contribution in [2.24, 2.45) is 11.7 Å². The molecule has 104 valence electrons. The summed E-state index contributed by atoms with van der Waals surface area (Å²) in [5, 5.41) is 18.1. The molecule has 0 aliphatic carbocycles. The summed E-state index contributed by atoms with van der Waals surface area (Å²) in [4.78, 5) is 22.7. The first-order valence-electron chi connectivity index (χ1n) is 6.14. The van der Waals surface area contributed by atoms with Gasteiger partial charge in [0, 0.05) is 12.8 Å². The first-order valence-corrected chi connectivity index (χ1v) is 6.14. The van der Waals surface area contributed by atoms with Crippen molar-refractivity contribution in [1.82, 2.24) is 0 Å². The highest BCUT2D eigenvalue weighted by atomic mass is 16.3. The molecule has 0 aliphatic heterocycles. The molecule has 0 fully saturated rings. The van der Waals surface area contributed by atoms with Gasteiger partial charge in [0.15, 0.2) is 0 Å². The maximum atomic E-state index is 11.8. The third-order valence-electron chi connectivity index (χ3n) is 3.09. The number of Topliss-reactive ketones (excluding diaryl/α,β-unsaturated/α-hetero) is 1. The number of ketones is 1. The molecule has 0 spiro atoms. The van der Waals surface area contributed by atoms with Gasteiger partial charge in [-0.25, -0.2) is 0 Å². The number of hydrogen-bond acceptors (Lipinski definition) is 4. The average molecular weight is 265 g/mol. The normalized spacial score (nSPS) is 13.8. The molecule has 2 atom stereocenters. The zero-order valence-corrected chi connectivity index (χ0v) is 10.9. The molecule has 0 heterocycles. The van der Waals surface area contributed by atoms with Crippen LogP contribution in [0.4, 0.5) is 0 Å². The van der Waals surface area contributed by atoms with Crippen LogP contribution in [0.1, 0.15) is 31.2 Å². The van der Waals surface area contributed by atoms with Gasteiger partial charge in [0.05, 0.1) is 12.5 Å². The molecule has 0 aromatic heterocycles. The van der Waals surface area contributed by atoms with Gasteiger partial charge in [0.2, 0.25) is 5.91 Å². The Hall–Kier alpha value is -1.88. The molecule has 4 N–H and O–H groups in total. The van der Waals surface area contributed by atoms with Crippen LogP contribution in [-0.4, -0.2) is 28.5 Å². The van der Waals surface area contributed by atoms with Gasteiger partial charge in [0.25, 0.3) is 0 Å². The molecular weight excluding hydrogens is 246 g/mol. The number of aromatic hydroxyl groups is 1. The number of aliphatic hydroxyl groups excluding tert-OH is 1. The second-order valence-electron chi connectivity index (χ2n) is 4.72. The van der Waals surface area contributed by atoms with Gasteiger partial charge >= 0.3 is 0 Å². The Kier molecular flexibility index (Phi) is 5.51. The average Bonchev–Trinajstić information content (AvgIpc) is 2.36. The Morgan fingerprint density at radius 3 is 2.26 bits per heavy atom. The number of carbonyl (C=O) groups excluding carboxylic acids is 2. The molecular formula is C14H19NO4. The van der Waals surface area contributed by atoms with E-state index in [4.69, 9.17) is 10.8 Å². The van der Waals surface area contributed by atoms with E-state index in [2.05, 4.69) is 0 Å². The molecule has 5 nitrogen and oxygen atoms in total. The van der Waals surface area contributed by atoms with Gasteiger partial charge in [-0.2, -0.15) is 0 Å². The van der Waals surface area contributed by atoms with Crippen LogP contribution in [0, 0.1) is 5.92 Å². The maximum absolute atomic E-state index is 11.8. The van der Waals surface area contributed by atoms with E-state index in [0.717, 1.165) is 5.56 Å². The van der Waals surface area contributed by atoms with Crippen molar-refractivity contribution in [3.05, 3.63) is 29.8 Å². The van der Waals surface area contributed by atoms with E-state index in [1.807, 2.05) is 6.92 Å². The van der Waals surface area contributed by atoms with E-state index in [-0.39, 0.29) is 30.3 Å². The number of benzene rings is 1. The number of amides is 1. The Balaban J connectivity index is 2.56. The molecule has 1 unspecified atom stereocenters. The van der Waals surface area contributed by atoms with Crippen LogP contribution in [0.2, 0.25) is 0 Å². The van der Waals surface area contributed by atoms with Gasteiger partial charge in [-0.1, -0.05) is 19.1 Å². The van der Waals surface area contributed by atoms with Gasteiger partial charge < -0.3 is 15.9 Å². The molecule has 0 aliphatic rings. The number of primary amides is 1. The van der Waals surface area contributed by atoms with E-state index in [0.29, 0.717) is 0 Å². The van der Waals surface area contributed by atoms with Crippen molar-refractivity contribution in [3.63, 3.8) is 0 Å². The first-order chi connectivity index (χ1) is 8.93. The molecule has 1 aromatic rings. The molecule has 1 rings (SSSR count). The van der Waals surface area contributed by atoms with Gasteiger partial charge in [-0.3, -0.25) is 9.59 Å². The minimum Gasteiger partial charge on any atom is -0.508 e. The lowest BCUT2D eigenvalue weighted by Crippen LogP contribution is -2.28.